The van der Waals surface area contributed by atoms with Crippen molar-refractivity contribution in [3.05, 3.63) is 129 Å². The summed E-state index contributed by atoms with van der Waals surface area (Å²) < 4.78 is 7.96. The number of fused-ring (bicyclic) bond motifs is 1. The van der Waals surface area contributed by atoms with E-state index in [1.165, 1.54) is 0 Å². The van der Waals surface area contributed by atoms with Gasteiger partial charge in [0.15, 0.2) is 0 Å². The molecular formula is C32H29BrN4O3. The smallest absolute Gasteiger partial charge is 0.322 e. The summed E-state index contributed by atoms with van der Waals surface area (Å²) in [5, 5.41) is 3.52. The van der Waals surface area contributed by atoms with E-state index in [1.54, 1.807) is 34.8 Å². The highest BCUT2D eigenvalue weighted by atomic mass is 79.9. The largest absolute Gasteiger partial charge is 0.495 e. The molecule has 5 aromatic rings. The van der Waals surface area contributed by atoms with E-state index in [0.717, 1.165) is 10.0 Å². The molecule has 5 rings (SSSR count). The number of carbonyl (C=O) groups is 1. The van der Waals surface area contributed by atoms with Crippen molar-refractivity contribution in [1.29, 1.82) is 0 Å². The molecule has 0 bridgehead atoms. The second-order valence-electron chi connectivity index (χ2n) is 9.34. The standard InChI is InChI=1S/C32H29BrN4O3/c1-22(30-34-27-13-7-6-12-26(27)31(38)37(30)25-18-16-24(33)17-19-25)36(21-20-23-10-4-3-5-11-23)32(39)35-28-14-8-9-15-29(28)40-2/h3-19,22H,20-21H2,1-2H3,(H,35,39). The number of hydrogen-bond donors (Lipinski definition) is 1. The molecular weight excluding hydrogens is 568 g/mol. The fraction of sp³-hybridized carbons (Fsp3) is 0.156. The highest BCUT2D eigenvalue weighted by molar-refractivity contribution is 9.10. The molecule has 8 heteroatoms. The second kappa shape index (κ2) is 12.2. The lowest BCUT2D eigenvalue weighted by molar-refractivity contribution is 0.190. The van der Waals surface area contributed by atoms with Crippen LogP contribution in [0.25, 0.3) is 16.6 Å². The molecule has 1 atom stereocenters. The number of urea groups is 1. The molecule has 0 saturated carbocycles. The van der Waals surface area contributed by atoms with Crippen molar-refractivity contribution in [2.75, 3.05) is 19.0 Å². The van der Waals surface area contributed by atoms with Crippen LogP contribution in [0, 0.1) is 0 Å². The first kappa shape index (κ1) is 27.1. The predicted octanol–water partition coefficient (Wildman–Crippen LogP) is 6.99. The fourth-order valence-electron chi connectivity index (χ4n) is 4.71. The van der Waals surface area contributed by atoms with Crippen LogP contribution in [0.1, 0.15) is 24.4 Å². The zero-order valence-corrected chi connectivity index (χ0v) is 23.8. The number of halogens is 1. The number of nitrogens with zero attached hydrogens (tertiary/aromatic N) is 3. The van der Waals surface area contributed by atoms with Crippen LogP contribution in [0.3, 0.4) is 0 Å². The van der Waals surface area contributed by atoms with Crippen LogP contribution in [-0.2, 0) is 6.42 Å². The molecule has 0 spiro atoms. The molecule has 0 aliphatic rings. The third-order valence-electron chi connectivity index (χ3n) is 6.82. The molecule has 202 valence electrons. The quantitative estimate of drug-likeness (QED) is 0.209. The topological polar surface area (TPSA) is 76.5 Å². The van der Waals surface area contributed by atoms with Gasteiger partial charge in [0.1, 0.15) is 11.6 Å². The molecule has 40 heavy (non-hydrogen) atoms. The number of rotatable bonds is 8. The first-order valence-corrected chi connectivity index (χ1v) is 13.8. The normalized spacial score (nSPS) is 11.7. The lowest BCUT2D eigenvalue weighted by atomic mass is 10.1. The first-order chi connectivity index (χ1) is 19.5. The van der Waals surface area contributed by atoms with Gasteiger partial charge in [-0.15, -0.1) is 0 Å². The Morgan fingerprint density at radius 1 is 0.950 bits per heavy atom. The van der Waals surface area contributed by atoms with Crippen molar-refractivity contribution in [3.8, 4) is 11.4 Å². The molecule has 0 aliphatic heterocycles. The zero-order chi connectivity index (χ0) is 28.1. The van der Waals surface area contributed by atoms with Gasteiger partial charge in [0.05, 0.1) is 35.4 Å². The van der Waals surface area contributed by atoms with Gasteiger partial charge >= 0.3 is 6.03 Å². The van der Waals surface area contributed by atoms with E-state index in [-0.39, 0.29) is 11.6 Å². The molecule has 4 aromatic carbocycles. The summed E-state index contributed by atoms with van der Waals surface area (Å²) in [5.74, 6) is 1.02. The summed E-state index contributed by atoms with van der Waals surface area (Å²) in [5.41, 5.74) is 2.71. The van der Waals surface area contributed by atoms with Crippen LogP contribution in [0.15, 0.2) is 112 Å². The number of nitrogens with one attached hydrogen (secondary N) is 1. The van der Waals surface area contributed by atoms with Crippen molar-refractivity contribution in [2.45, 2.75) is 19.4 Å². The molecule has 0 aliphatic carbocycles. The molecule has 7 nitrogen and oxygen atoms in total. The maximum Gasteiger partial charge on any atom is 0.322 e. The van der Waals surface area contributed by atoms with Gasteiger partial charge in [-0.05, 0) is 67.4 Å². The van der Waals surface area contributed by atoms with E-state index in [4.69, 9.17) is 9.72 Å². The molecule has 0 radical (unpaired) electrons. The van der Waals surface area contributed by atoms with Gasteiger partial charge in [-0.25, -0.2) is 9.78 Å². The van der Waals surface area contributed by atoms with Crippen LogP contribution in [0.2, 0.25) is 0 Å². The third-order valence-corrected chi connectivity index (χ3v) is 7.35. The van der Waals surface area contributed by atoms with Gasteiger partial charge in [-0.2, -0.15) is 0 Å². The first-order valence-electron chi connectivity index (χ1n) is 13.0. The monoisotopic (exact) mass is 596 g/mol. The maximum absolute atomic E-state index is 13.9. The zero-order valence-electron chi connectivity index (χ0n) is 22.3. The number of carbonyl (C=O) groups excluding carboxylic acids is 1. The van der Waals surface area contributed by atoms with E-state index in [9.17, 15) is 9.59 Å². The summed E-state index contributed by atoms with van der Waals surface area (Å²) in [6.07, 6.45) is 0.626. The lowest BCUT2D eigenvalue weighted by Gasteiger charge is -2.31. The minimum absolute atomic E-state index is 0.192. The van der Waals surface area contributed by atoms with Gasteiger partial charge in [0.2, 0.25) is 0 Å². The van der Waals surface area contributed by atoms with Crippen LogP contribution in [0.5, 0.6) is 5.75 Å². The van der Waals surface area contributed by atoms with Gasteiger partial charge in [0.25, 0.3) is 5.56 Å². The van der Waals surface area contributed by atoms with Gasteiger partial charge in [0, 0.05) is 11.0 Å². The van der Waals surface area contributed by atoms with Crippen molar-refractivity contribution < 1.29 is 9.53 Å². The highest BCUT2D eigenvalue weighted by Gasteiger charge is 2.27. The van der Waals surface area contributed by atoms with E-state index in [1.807, 2.05) is 91.9 Å². The summed E-state index contributed by atoms with van der Waals surface area (Å²) in [4.78, 5) is 34.4. The Morgan fingerprint density at radius 3 is 2.38 bits per heavy atom. The number of aromatic nitrogens is 2. The van der Waals surface area contributed by atoms with Crippen molar-refractivity contribution >= 4 is 38.6 Å². The number of para-hydroxylation sites is 3. The second-order valence-corrected chi connectivity index (χ2v) is 10.3. The Labute approximate surface area is 241 Å². The SMILES string of the molecule is COc1ccccc1NC(=O)N(CCc1ccccc1)C(C)c1nc2ccccc2c(=O)n1-c1ccc(Br)cc1. The minimum atomic E-state index is -0.556. The number of anilines is 1. The Morgan fingerprint density at radius 2 is 1.62 bits per heavy atom. The van der Waals surface area contributed by atoms with Crippen molar-refractivity contribution in [3.63, 3.8) is 0 Å². The Balaban J connectivity index is 1.60. The Hall–Kier alpha value is -4.43. The van der Waals surface area contributed by atoms with E-state index in [2.05, 4.69) is 21.2 Å². The van der Waals surface area contributed by atoms with Crippen LogP contribution in [-0.4, -0.2) is 34.1 Å². The number of benzene rings is 4. The van der Waals surface area contributed by atoms with Crippen LogP contribution < -0.4 is 15.6 Å². The lowest BCUT2D eigenvalue weighted by Crippen LogP contribution is -2.41. The molecule has 1 N–H and O–H groups in total. The van der Waals surface area contributed by atoms with E-state index >= 15 is 0 Å². The van der Waals surface area contributed by atoms with Crippen LogP contribution in [0.4, 0.5) is 10.5 Å². The van der Waals surface area contributed by atoms with Crippen molar-refractivity contribution in [1.82, 2.24) is 14.5 Å². The van der Waals surface area contributed by atoms with E-state index in [0.29, 0.717) is 46.8 Å². The van der Waals surface area contributed by atoms with E-state index < -0.39 is 6.04 Å². The summed E-state index contributed by atoms with van der Waals surface area (Å²) >= 11 is 3.48. The molecule has 0 fully saturated rings. The Bertz CT molecular complexity index is 1690. The molecule has 1 aromatic heterocycles. The number of amides is 2. The third kappa shape index (κ3) is 5.77. The maximum atomic E-state index is 13.9. The predicted molar refractivity (Wildman–Crippen MR) is 162 cm³/mol. The van der Waals surface area contributed by atoms with Gasteiger partial charge in [-0.3, -0.25) is 9.36 Å². The average Bonchev–Trinajstić information content (AvgIpc) is 2.98. The summed E-state index contributed by atoms with van der Waals surface area (Å²) in [7, 11) is 1.57. The molecule has 1 unspecified atom stereocenters. The van der Waals surface area contributed by atoms with Crippen LogP contribution >= 0.6 is 15.9 Å². The summed E-state index contributed by atoms with van der Waals surface area (Å²) in [6.45, 7) is 2.30. The van der Waals surface area contributed by atoms with Crippen molar-refractivity contribution in [2.24, 2.45) is 0 Å². The molecule has 2 amide bonds. The van der Waals surface area contributed by atoms with Gasteiger partial charge in [-0.1, -0.05) is 70.5 Å². The average molecular weight is 598 g/mol. The van der Waals surface area contributed by atoms with Gasteiger partial charge < -0.3 is 15.0 Å². The number of hydrogen-bond acceptors (Lipinski definition) is 4. The summed E-state index contributed by atoms with van der Waals surface area (Å²) in [6, 6.07) is 31.2. The number of ether oxygens (including phenoxy) is 1. The number of methoxy groups -OCH3 is 1. The fourth-order valence-corrected chi connectivity index (χ4v) is 4.97. The minimum Gasteiger partial charge on any atom is -0.495 e. The Kier molecular flexibility index (Phi) is 8.26. The highest BCUT2D eigenvalue weighted by Crippen LogP contribution is 2.27. The molecule has 0 saturated heterocycles. The molecule has 1 heterocycles.